The Bertz CT molecular complexity index is 412. The van der Waals surface area contributed by atoms with Gasteiger partial charge in [0.05, 0.1) is 18.7 Å². The molecule has 0 spiro atoms. The summed E-state index contributed by atoms with van der Waals surface area (Å²) in [6.07, 6.45) is 2.40. The molecule has 1 saturated heterocycles. The monoisotopic (exact) mass is 267 g/mol. The Morgan fingerprint density at radius 3 is 2.74 bits per heavy atom. The molecule has 19 heavy (non-hydrogen) atoms. The van der Waals surface area contributed by atoms with Gasteiger partial charge in [0.25, 0.3) is 0 Å². The van der Waals surface area contributed by atoms with E-state index in [1.807, 2.05) is 6.20 Å². The first-order valence-electron chi connectivity index (χ1n) is 6.65. The van der Waals surface area contributed by atoms with Crippen LogP contribution in [0, 0.1) is 0 Å². The minimum atomic E-state index is -0.799. The lowest BCUT2D eigenvalue weighted by Crippen LogP contribution is -2.45. The Balaban J connectivity index is 1.72. The van der Waals surface area contributed by atoms with E-state index in [1.54, 1.807) is 4.68 Å². The van der Waals surface area contributed by atoms with Crippen molar-refractivity contribution in [3.63, 3.8) is 0 Å². The van der Waals surface area contributed by atoms with Gasteiger partial charge in [0.1, 0.15) is 0 Å². The van der Waals surface area contributed by atoms with E-state index in [1.165, 1.54) is 0 Å². The predicted molar refractivity (Wildman–Crippen MR) is 69.9 cm³/mol. The van der Waals surface area contributed by atoms with E-state index in [0.717, 1.165) is 45.0 Å². The van der Waals surface area contributed by atoms with Crippen LogP contribution in [0.2, 0.25) is 0 Å². The molecule has 1 aromatic rings. The molecule has 2 heterocycles. The van der Waals surface area contributed by atoms with Crippen LogP contribution >= 0.6 is 0 Å². The van der Waals surface area contributed by atoms with Crippen LogP contribution in [-0.4, -0.2) is 75.6 Å². The maximum absolute atomic E-state index is 10.5. The summed E-state index contributed by atoms with van der Waals surface area (Å²) in [5, 5.41) is 16.6. The molecular formula is C12H21N5O2. The van der Waals surface area contributed by atoms with Crippen LogP contribution in [-0.2, 0) is 17.8 Å². The normalized spacial score (nSPS) is 17.7. The molecule has 7 heteroatoms. The number of nitrogens with zero attached hydrogens (tertiary/aromatic N) is 5. The Hall–Kier alpha value is -1.47. The average molecular weight is 267 g/mol. The van der Waals surface area contributed by atoms with Crippen LogP contribution in [0.25, 0.3) is 0 Å². The zero-order chi connectivity index (χ0) is 13.7. The van der Waals surface area contributed by atoms with E-state index in [0.29, 0.717) is 6.42 Å². The first kappa shape index (κ1) is 14.0. The van der Waals surface area contributed by atoms with Crippen molar-refractivity contribution in [1.82, 2.24) is 24.8 Å². The number of carbonyl (C=O) groups is 1. The number of likely N-dealkylation sites (N-methyl/N-ethyl adjacent to an activating group) is 1. The molecule has 0 amide bonds. The van der Waals surface area contributed by atoms with Crippen LogP contribution in [0.1, 0.15) is 12.1 Å². The number of aryl methyl sites for hydroxylation is 1. The van der Waals surface area contributed by atoms with Crippen molar-refractivity contribution in [2.24, 2.45) is 0 Å². The number of piperazine rings is 1. The Morgan fingerprint density at radius 2 is 2.05 bits per heavy atom. The number of carboxylic acids is 1. The summed E-state index contributed by atoms with van der Waals surface area (Å²) >= 11 is 0. The van der Waals surface area contributed by atoms with Gasteiger partial charge in [-0.1, -0.05) is 5.21 Å². The summed E-state index contributed by atoms with van der Waals surface area (Å²) < 4.78 is 1.80. The van der Waals surface area contributed by atoms with E-state index in [4.69, 9.17) is 5.11 Å². The third-order valence-corrected chi connectivity index (χ3v) is 3.42. The van der Waals surface area contributed by atoms with Gasteiger partial charge in [-0.25, -0.2) is 0 Å². The highest BCUT2D eigenvalue weighted by Crippen LogP contribution is 2.01. The minimum Gasteiger partial charge on any atom is -0.481 e. The molecule has 1 aliphatic rings. The fourth-order valence-corrected chi connectivity index (χ4v) is 2.11. The quantitative estimate of drug-likeness (QED) is 0.752. The molecule has 1 N–H and O–H groups in total. The standard InChI is InChI=1S/C12H21N5O2/c1-15-4-6-16(7-5-15)8-9-17-10-11(13-14-17)2-3-12(18)19/h10H,2-9H2,1H3,(H,18,19). The van der Waals surface area contributed by atoms with E-state index in [-0.39, 0.29) is 6.42 Å². The lowest BCUT2D eigenvalue weighted by Gasteiger charge is -2.32. The summed E-state index contributed by atoms with van der Waals surface area (Å²) in [6, 6.07) is 0. The average Bonchev–Trinajstić information content (AvgIpc) is 2.84. The molecule has 1 fully saturated rings. The first-order chi connectivity index (χ1) is 9.13. The summed E-state index contributed by atoms with van der Waals surface area (Å²) in [7, 11) is 2.14. The van der Waals surface area contributed by atoms with Gasteiger partial charge < -0.3 is 10.0 Å². The Labute approximate surface area is 112 Å². The summed E-state index contributed by atoms with van der Waals surface area (Å²) in [6.45, 7) is 6.19. The molecule has 2 rings (SSSR count). The van der Waals surface area contributed by atoms with Gasteiger partial charge in [-0.2, -0.15) is 0 Å². The van der Waals surface area contributed by atoms with Crippen molar-refractivity contribution >= 4 is 5.97 Å². The predicted octanol–water partition coefficient (Wildman–Crippen LogP) is -0.457. The van der Waals surface area contributed by atoms with Crippen molar-refractivity contribution < 1.29 is 9.90 Å². The number of carboxylic acid groups (broad SMARTS) is 1. The van der Waals surface area contributed by atoms with Crippen molar-refractivity contribution in [2.45, 2.75) is 19.4 Å². The molecule has 7 nitrogen and oxygen atoms in total. The maximum atomic E-state index is 10.5. The van der Waals surface area contributed by atoms with Gasteiger partial charge in [-0.3, -0.25) is 14.4 Å². The topological polar surface area (TPSA) is 74.5 Å². The maximum Gasteiger partial charge on any atom is 0.303 e. The lowest BCUT2D eigenvalue weighted by molar-refractivity contribution is -0.136. The summed E-state index contributed by atoms with van der Waals surface area (Å²) in [5.41, 5.74) is 0.751. The molecule has 0 aliphatic carbocycles. The van der Waals surface area contributed by atoms with Crippen LogP contribution in [0.4, 0.5) is 0 Å². The van der Waals surface area contributed by atoms with Gasteiger partial charge >= 0.3 is 5.97 Å². The second-order valence-electron chi connectivity index (χ2n) is 5.01. The van der Waals surface area contributed by atoms with Crippen molar-refractivity contribution in [2.75, 3.05) is 39.8 Å². The van der Waals surface area contributed by atoms with Gasteiger partial charge in [0.15, 0.2) is 0 Å². The number of hydrogen-bond donors (Lipinski definition) is 1. The van der Waals surface area contributed by atoms with Gasteiger partial charge in [-0.15, -0.1) is 5.10 Å². The molecule has 0 saturated carbocycles. The minimum absolute atomic E-state index is 0.108. The van der Waals surface area contributed by atoms with Gasteiger partial charge in [-0.05, 0) is 7.05 Å². The molecule has 1 aromatic heterocycles. The van der Waals surface area contributed by atoms with Crippen LogP contribution in [0.3, 0.4) is 0 Å². The summed E-state index contributed by atoms with van der Waals surface area (Å²) in [4.78, 5) is 15.2. The third-order valence-electron chi connectivity index (χ3n) is 3.42. The number of hydrogen-bond acceptors (Lipinski definition) is 5. The molecule has 0 unspecified atom stereocenters. The Morgan fingerprint density at radius 1 is 1.32 bits per heavy atom. The van der Waals surface area contributed by atoms with Gasteiger partial charge in [0.2, 0.25) is 0 Å². The second kappa shape index (κ2) is 6.63. The molecular weight excluding hydrogens is 246 g/mol. The highest BCUT2D eigenvalue weighted by Gasteiger charge is 2.13. The van der Waals surface area contributed by atoms with Crippen LogP contribution in [0.15, 0.2) is 6.20 Å². The summed E-state index contributed by atoms with van der Waals surface area (Å²) in [5.74, 6) is -0.799. The third kappa shape index (κ3) is 4.60. The highest BCUT2D eigenvalue weighted by molar-refractivity contribution is 5.66. The fraction of sp³-hybridized carbons (Fsp3) is 0.750. The van der Waals surface area contributed by atoms with E-state index >= 15 is 0 Å². The van der Waals surface area contributed by atoms with E-state index in [9.17, 15) is 4.79 Å². The van der Waals surface area contributed by atoms with Crippen LogP contribution in [0.5, 0.6) is 0 Å². The number of aromatic nitrogens is 3. The largest absolute Gasteiger partial charge is 0.481 e. The van der Waals surface area contributed by atoms with Gasteiger partial charge in [0, 0.05) is 45.3 Å². The van der Waals surface area contributed by atoms with Crippen LogP contribution < -0.4 is 0 Å². The molecule has 0 bridgehead atoms. The fourth-order valence-electron chi connectivity index (χ4n) is 2.11. The first-order valence-corrected chi connectivity index (χ1v) is 6.65. The molecule has 0 aromatic carbocycles. The molecule has 0 radical (unpaired) electrons. The second-order valence-corrected chi connectivity index (χ2v) is 5.01. The van der Waals surface area contributed by atoms with E-state index in [2.05, 4.69) is 27.2 Å². The smallest absolute Gasteiger partial charge is 0.303 e. The Kier molecular flexibility index (Phi) is 4.86. The molecule has 0 atom stereocenters. The van der Waals surface area contributed by atoms with Crippen molar-refractivity contribution in [3.8, 4) is 0 Å². The van der Waals surface area contributed by atoms with E-state index < -0.39 is 5.97 Å². The molecule has 106 valence electrons. The molecule has 1 aliphatic heterocycles. The zero-order valence-corrected chi connectivity index (χ0v) is 11.3. The zero-order valence-electron chi connectivity index (χ0n) is 11.3. The number of rotatable bonds is 6. The highest BCUT2D eigenvalue weighted by atomic mass is 16.4. The lowest BCUT2D eigenvalue weighted by atomic mass is 10.2. The number of aliphatic carboxylic acids is 1. The van der Waals surface area contributed by atoms with Crippen molar-refractivity contribution in [3.05, 3.63) is 11.9 Å². The SMILES string of the molecule is CN1CCN(CCn2cc(CCC(=O)O)nn2)CC1. The van der Waals surface area contributed by atoms with Crippen molar-refractivity contribution in [1.29, 1.82) is 0 Å².